The molecular weight excluding hydrogens is 527 g/mol. The summed E-state index contributed by atoms with van der Waals surface area (Å²) in [7, 11) is 0. The molecule has 0 atom stereocenters. The Morgan fingerprint density at radius 2 is 1.45 bits per heavy atom. The molecule has 0 radical (unpaired) electrons. The number of para-hydroxylation sites is 1. The van der Waals surface area contributed by atoms with Crippen LogP contribution in [0.4, 0.5) is 11.4 Å². The van der Waals surface area contributed by atoms with Gasteiger partial charge in [0.25, 0.3) is 0 Å². The monoisotopic (exact) mass is 547 g/mol. The molecule has 0 amide bonds. The maximum Gasteiger partial charge on any atom is 0.0971 e. The van der Waals surface area contributed by atoms with Gasteiger partial charge in [0.2, 0.25) is 0 Å². The third-order valence-electron chi connectivity index (χ3n) is 7.78. The van der Waals surface area contributed by atoms with Crippen LogP contribution < -0.4 is 5.32 Å². The maximum absolute atomic E-state index is 5.27. The van der Waals surface area contributed by atoms with Crippen molar-refractivity contribution in [1.29, 1.82) is 0 Å². The van der Waals surface area contributed by atoms with Crippen LogP contribution in [0.1, 0.15) is 0 Å². The van der Waals surface area contributed by atoms with Crippen LogP contribution in [0.5, 0.6) is 0 Å². The summed E-state index contributed by atoms with van der Waals surface area (Å²) in [6, 6.07) is 43.4. The van der Waals surface area contributed by atoms with Crippen LogP contribution in [0.15, 0.2) is 131 Å². The lowest BCUT2D eigenvalue weighted by molar-refractivity contribution is 1.16. The number of rotatable bonds is 2. The largest absolute Gasteiger partial charge is 0.354 e. The summed E-state index contributed by atoms with van der Waals surface area (Å²) in [5, 5.41) is 7.39. The second-order valence-corrected chi connectivity index (χ2v) is 12.3. The van der Waals surface area contributed by atoms with E-state index < -0.39 is 0 Å². The molecule has 1 aliphatic rings. The van der Waals surface area contributed by atoms with Gasteiger partial charge in [-0.15, -0.1) is 11.3 Å². The molecule has 4 heterocycles. The van der Waals surface area contributed by atoms with Crippen LogP contribution in [-0.4, -0.2) is 9.55 Å². The van der Waals surface area contributed by atoms with E-state index in [1.165, 1.54) is 40.9 Å². The van der Waals surface area contributed by atoms with Crippen LogP contribution in [0.2, 0.25) is 0 Å². The average Bonchev–Trinajstić information content (AvgIpc) is 3.55. The number of nitrogens with zero attached hydrogens (tertiary/aromatic N) is 2. The maximum atomic E-state index is 5.27. The summed E-state index contributed by atoms with van der Waals surface area (Å²) in [6.07, 6.45) is 0. The van der Waals surface area contributed by atoms with E-state index in [2.05, 4.69) is 125 Å². The van der Waals surface area contributed by atoms with E-state index in [4.69, 9.17) is 4.98 Å². The molecule has 3 aromatic heterocycles. The van der Waals surface area contributed by atoms with E-state index in [0.717, 1.165) is 39.4 Å². The van der Waals surface area contributed by atoms with Gasteiger partial charge in [0.05, 0.1) is 33.6 Å². The van der Waals surface area contributed by atoms with Crippen LogP contribution in [0.3, 0.4) is 0 Å². The first-order valence-electron chi connectivity index (χ1n) is 13.3. The van der Waals surface area contributed by atoms with Crippen LogP contribution >= 0.6 is 23.1 Å². The van der Waals surface area contributed by atoms with Crippen molar-refractivity contribution in [3.63, 3.8) is 0 Å². The predicted molar refractivity (Wildman–Crippen MR) is 171 cm³/mol. The van der Waals surface area contributed by atoms with Gasteiger partial charge in [-0.2, -0.15) is 0 Å². The molecule has 8 aromatic rings. The van der Waals surface area contributed by atoms with E-state index >= 15 is 0 Å². The molecule has 0 fully saturated rings. The van der Waals surface area contributed by atoms with E-state index in [-0.39, 0.29) is 0 Å². The molecule has 9 rings (SSSR count). The standard InChI is InChI=1S/C35H21N3S2/c1-2-8-21(9-3-1)25-17-18-28-34(37-25)24-15-19-31-33(23-10-4-6-12-29(23)39-31)35(24)38(28)22-14-16-27-32(20-22)40-30-13-7-5-11-26(30)36-27/h1-20,36H. The van der Waals surface area contributed by atoms with Gasteiger partial charge in [-0.3, -0.25) is 0 Å². The van der Waals surface area contributed by atoms with Gasteiger partial charge in [-0.1, -0.05) is 72.4 Å². The van der Waals surface area contributed by atoms with Crippen LogP contribution in [0, 0.1) is 0 Å². The Labute approximate surface area is 238 Å². The van der Waals surface area contributed by atoms with Gasteiger partial charge in [-0.05, 0) is 60.7 Å². The Morgan fingerprint density at radius 1 is 0.625 bits per heavy atom. The van der Waals surface area contributed by atoms with Crippen molar-refractivity contribution >= 4 is 76.6 Å². The number of thiophene rings is 1. The Morgan fingerprint density at radius 3 is 2.40 bits per heavy atom. The molecule has 5 heteroatoms. The molecule has 0 bridgehead atoms. The number of pyridine rings is 1. The third kappa shape index (κ3) is 3.22. The zero-order valence-corrected chi connectivity index (χ0v) is 22.9. The highest BCUT2D eigenvalue weighted by atomic mass is 32.2. The number of benzene rings is 5. The number of hydrogen-bond donors (Lipinski definition) is 1. The molecule has 0 unspecified atom stereocenters. The van der Waals surface area contributed by atoms with Crippen molar-refractivity contribution in [2.24, 2.45) is 0 Å². The minimum absolute atomic E-state index is 0.990. The summed E-state index contributed by atoms with van der Waals surface area (Å²) < 4.78 is 5.03. The summed E-state index contributed by atoms with van der Waals surface area (Å²) in [4.78, 5) is 7.74. The Balaban J connectivity index is 1.37. The van der Waals surface area contributed by atoms with Crippen molar-refractivity contribution in [2.45, 2.75) is 9.79 Å². The lowest BCUT2D eigenvalue weighted by Gasteiger charge is -2.21. The van der Waals surface area contributed by atoms with Crippen molar-refractivity contribution in [2.75, 3.05) is 5.32 Å². The van der Waals surface area contributed by atoms with Gasteiger partial charge in [0.15, 0.2) is 0 Å². The lowest BCUT2D eigenvalue weighted by Crippen LogP contribution is -2.01. The smallest absolute Gasteiger partial charge is 0.0971 e. The molecule has 3 nitrogen and oxygen atoms in total. The number of hydrogen-bond acceptors (Lipinski definition) is 4. The highest BCUT2D eigenvalue weighted by Crippen LogP contribution is 2.47. The molecule has 40 heavy (non-hydrogen) atoms. The molecule has 1 N–H and O–H groups in total. The fourth-order valence-corrected chi connectivity index (χ4v) is 8.10. The Bertz CT molecular complexity index is 2280. The second kappa shape index (κ2) is 8.46. The lowest BCUT2D eigenvalue weighted by atomic mass is 10.1. The normalized spacial score (nSPS) is 12.6. The van der Waals surface area contributed by atoms with Gasteiger partial charge < -0.3 is 9.88 Å². The topological polar surface area (TPSA) is 29.9 Å². The van der Waals surface area contributed by atoms with E-state index in [0.29, 0.717) is 0 Å². The molecule has 0 saturated carbocycles. The minimum Gasteiger partial charge on any atom is -0.354 e. The molecule has 0 saturated heterocycles. The second-order valence-electron chi connectivity index (χ2n) is 10.1. The van der Waals surface area contributed by atoms with Crippen LogP contribution in [0.25, 0.3) is 59.1 Å². The Hall–Kier alpha value is -4.58. The van der Waals surface area contributed by atoms with Crippen molar-refractivity contribution in [3.8, 4) is 16.9 Å². The Kier molecular flexibility index (Phi) is 4.71. The number of anilines is 2. The molecule has 1 aliphatic heterocycles. The molecule has 5 aromatic carbocycles. The minimum atomic E-state index is 0.990. The predicted octanol–water partition coefficient (Wildman–Crippen LogP) is 10.4. The van der Waals surface area contributed by atoms with E-state index in [1.54, 1.807) is 0 Å². The van der Waals surface area contributed by atoms with Gasteiger partial charge in [0.1, 0.15) is 0 Å². The van der Waals surface area contributed by atoms with E-state index in [9.17, 15) is 0 Å². The first kappa shape index (κ1) is 22.3. The van der Waals surface area contributed by atoms with Crippen molar-refractivity contribution in [3.05, 3.63) is 121 Å². The molecule has 0 spiro atoms. The van der Waals surface area contributed by atoms with Gasteiger partial charge >= 0.3 is 0 Å². The summed E-state index contributed by atoms with van der Waals surface area (Å²) in [6.45, 7) is 0. The zero-order chi connectivity index (χ0) is 26.2. The molecular formula is C35H21N3S2. The van der Waals surface area contributed by atoms with Crippen molar-refractivity contribution < 1.29 is 0 Å². The highest BCUT2D eigenvalue weighted by Gasteiger charge is 2.21. The number of aromatic nitrogens is 2. The SMILES string of the molecule is c1ccc(-c2ccc3c(n2)c2ccc4sc5ccccc5c4c2n3-c2ccc3c(c2)Sc2ccccc2N3)cc1. The fraction of sp³-hybridized carbons (Fsp3) is 0. The average molecular weight is 548 g/mol. The molecule has 0 aliphatic carbocycles. The fourth-order valence-electron chi connectivity index (χ4n) is 5.97. The summed E-state index contributed by atoms with van der Waals surface area (Å²) in [5.74, 6) is 0. The zero-order valence-electron chi connectivity index (χ0n) is 21.3. The number of nitrogens with one attached hydrogen (secondary N) is 1. The van der Waals surface area contributed by atoms with E-state index in [1.807, 2.05) is 29.2 Å². The first-order valence-corrected chi connectivity index (χ1v) is 14.9. The van der Waals surface area contributed by atoms with Crippen molar-refractivity contribution in [1.82, 2.24) is 9.55 Å². The summed E-state index contributed by atoms with van der Waals surface area (Å²) >= 11 is 3.68. The van der Waals surface area contributed by atoms with Gasteiger partial charge in [-0.25, -0.2) is 4.98 Å². The third-order valence-corrected chi connectivity index (χ3v) is 10.0. The van der Waals surface area contributed by atoms with Crippen LogP contribution in [-0.2, 0) is 0 Å². The number of fused-ring (bicyclic) bond motifs is 9. The molecule has 188 valence electrons. The first-order chi connectivity index (χ1) is 19.8. The quantitative estimate of drug-likeness (QED) is 0.233. The highest BCUT2D eigenvalue weighted by molar-refractivity contribution is 7.99. The summed E-state index contributed by atoms with van der Waals surface area (Å²) in [5.41, 5.74) is 8.93. The van der Waals surface area contributed by atoms with Gasteiger partial charge in [0, 0.05) is 46.6 Å².